The van der Waals surface area contributed by atoms with Crippen LogP contribution in [0.15, 0.2) is 12.1 Å². The van der Waals surface area contributed by atoms with E-state index in [0.717, 1.165) is 12.8 Å². The van der Waals surface area contributed by atoms with E-state index in [1.165, 1.54) is 41.5 Å². The molecule has 0 aromatic heterocycles. The van der Waals surface area contributed by atoms with Crippen LogP contribution >= 0.6 is 0 Å². The number of hydrogen-bond acceptors (Lipinski definition) is 1. The standard InChI is InChI=1S/C18H28N2O/c1-12-10-14(3)17(11-13(12)2)15(4)19-18(21)20-16-8-6-5-7-9-16/h10-11,15-16H,5-9H2,1-4H3,(H2,19,20,21). The van der Waals surface area contributed by atoms with Crippen molar-refractivity contribution >= 4 is 6.03 Å². The van der Waals surface area contributed by atoms with Crippen LogP contribution in [0.25, 0.3) is 0 Å². The summed E-state index contributed by atoms with van der Waals surface area (Å²) in [4.78, 5) is 12.1. The highest BCUT2D eigenvalue weighted by Gasteiger charge is 2.18. The molecule has 1 aliphatic carbocycles. The van der Waals surface area contributed by atoms with Crippen LogP contribution in [-0.4, -0.2) is 12.1 Å². The average Bonchev–Trinajstić information content (AvgIpc) is 2.43. The molecule has 1 aromatic carbocycles. The monoisotopic (exact) mass is 288 g/mol. The third kappa shape index (κ3) is 4.23. The van der Waals surface area contributed by atoms with Crippen LogP contribution in [0.3, 0.4) is 0 Å². The molecule has 1 aliphatic rings. The molecule has 3 nitrogen and oxygen atoms in total. The van der Waals surface area contributed by atoms with Crippen molar-refractivity contribution in [3.8, 4) is 0 Å². The van der Waals surface area contributed by atoms with Crippen molar-refractivity contribution in [3.05, 3.63) is 34.4 Å². The smallest absolute Gasteiger partial charge is 0.315 e. The van der Waals surface area contributed by atoms with Crippen LogP contribution in [0.2, 0.25) is 0 Å². The van der Waals surface area contributed by atoms with Crippen molar-refractivity contribution in [1.82, 2.24) is 10.6 Å². The summed E-state index contributed by atoms with van der Waals surface area (Å²) in [5.74, 6) is 0. The molecule has 0 radical (unpaired) electrons. The molecular formula is C18H28N2O. The van der Waals surface area contributed by atoms with Crippen LogP contribution in [-0.2, 0) is 0 Å². The molecule has 0 spiro atoms. The minimum Gasteiger partial charge on any atom is -0.335 e. The zero-order valence-electron chi connectivity index (χ0n) is 13.8. The maximum absolute atomic E-state index is 12.1. The van der Waals surface area contributed by atoms with E-state index in [0.29, 0.717) is 6.04 Å². The Bertz CT molecular complexity index is 504. The Labute approximate surface area is 128 Å². The number of rotatable bonds is 3. The molecular weight excluding hydrogens is 260 g/mol. The molecule has 116 valence electrons. The number of benzene rings is 1. The Morgan fingerprint density at radius 1 is 1.05 bits per heavy atom. The number of aryl methyl sites for hydroxylation is 3. The first-order valence-corrected chi connectivity index (χ1v) is 8.12. The van der Waals surface area contributed by atoms with Gasteiger partial charge in [-0.05, 0) is 62.8 Å². The molecule has 3 heteroatoms. The van der Waals surface area contributed by atoms with Gasteiger partial charge in [0.1, 0.15) is 0 Å². The Morgan fingerprint density at radius 2 is 1.67 bits per heavy atom. The van der Waals surface area contributed by atoms with Gasteiger partial charge in [0.25, 0.3) is 0 Å². The summed E-state index contributed by atoms with van der Waals surface area (Å²) in [6.07, 6.45) is 6.00. The van der Waals surface area contributed by atoms with Crippen molar-refractivity contribution in [2.45, 2.75) is 71.9 Å². The Kier molecular flexibility index (Phi) is 5.27. The molecule has 0 aliphatic heterocycles. The van der Waals surface area contributed by atoms with Gasteiger partial charge < -0.3 is 10.6 Å². The van der Waals surface area contributed by atoms with Gasteiger partial charge in [-0.2, -0.15) is 0 Å². The largest absolute Gasteiger partial charge is 0.335 e. The fourth-order valence-corrected chi connectivity index (χ4v) is 3.20. The lowest BCUT2D eigenvalue weighted by molar-refractivity contribution is 0.229. The lowest BCUT2D eigenvalue weighted by Gasteiger charge is -2.25. The van der Waals surface area contributed by atoms with Gasteiger partial charge in [-0.15, -0.1) is 0 Å². The summed E-state index contributed by atoms with van der Waals surface area (Å²) in [5.41, 5.74) is 5.02. The summed E-state index contributed by atoms with van der Waals surface area (Å²) in [6, 6.07) is 4.74. The predicted octanol–water partition coefficient (Wildman–Crippen LogP) is 4.30. The molecule has 21 heavy (non-hydrogen) atoms. The zero-order valence-corrected chi connectivity index (χ0v) is 13.8. The number of carbonyl (C=O) groups excluding carboxylic acids is 1. The van der Waals surface area contributed by atoms with Crippen molar-refractivity contribution in [2.24, 2.45) is 0 Å². The van der Waals surface area contributed by atoms with Crippen LogP contribution < -0.4 is 10.6 Å². The zero-order chi connectivity index (χ0) is 15.4. The van der Waals surface area contributed by atoms with Crippen molar-refractivity contribution in [2.75, 3.05) is 0 Å². The molecule has 1 unspecified atom stereocenters. The van der Waals surface area contributed by atoms with Crippen molar-refractivity contribution < 1.29 is 4.79 Å². The molecule has 0 bridgehead atoms. The minimum absolute atomic E-state index is 0.0351. The highest BCUT2D eigenvalue weighted by Crippen LogP contribution is 2.22. The number of urea groups is 1. The van der Waals surface area contributed by atoms with Gasteiger partial charge in [0.15, 0.2) is 0 Å². The van der Waals surface area contributed by atoms with Crippen molar-refractivity contribution in [3.63, 3.8) is 0 Å². The molecule has 1 atom stereocenters. The van der Waals surface area contributed by atoms with E-state index in [-0.39, 0.29) is 12.1 Å². The maximum atomic E-state index is 12.1. The fourth-order valence-electron chi connectivity index (χ4n) is 3.20. The normalized spacial score (nSPS) is 17.3. The first-order valence-electron chi connectivity index (χ1n) is 8.12. The minimum atomic E-state index is -0.0352. The second-order valence-corrected chi connectivity index (χ2v) is 6.47. The Hall–Kier alpha value is -1.51. The lowest BCUT2D eigenvalue weighted by Crippen LogP contribution is -2.43. The van der Waals surface area contributed by atoms with E-state index in [2.05, 4.69) is 50.5 Å². The first kappa shape index (κ1) is 15.9. The van der Waals surface area contributed by atoms with E-state index in [1.807, 2.05) is 0 Å². The van der Waals surface area contributed by atoms with Gasteiger partial charge in [-0.25, -0.2) is 4.79 Å². The van der Waals surface area contributed by atoms with Crippen LogP contribution in [0.4, 0.5) is 4.79 Å². The molecule has 1 saturated carbocycles. The average molecular weight is 288 g/mol. The molecule has 1 fully saturated rings. The number of carbonyl (C=O) groups is 1. The highest BCUT2D eigenvalue weighted by atomic mass is 16.2. The summed E-state index contributed by atoms with van der Waals surface area (Å²) in [5, 5.41) is 6.20. The van der Waals surface area contributed by atoms with E-state index in [9.17, 15) is 4.79 Å². The number of amides is 2. The molecule has 0 saturated heterocycles. The second kappa shape index (κ2) is 6.97. The topological polar surface area (TPSA) is 41.1 Å². The Morgan fingerprint density at radius 3 is 2.33 bits per heavy atom. The van der Waals surface area contributed by atoms with Gasteiger partial charge in [-0.1, -0.05) is 31.4 Å². The lowest BCUT2D eigenvalue weighted by atomic mass is 9.95. The van der Waals surface area contributed by atoms with Crippen molar-refractivity contribution in [1.29, 1.82) is 0 Å². The summed E-state index contributed by atoms with van der Waals surface area (Å²) < 4.78 is 0. The Balaban J connectivity index is 1.95. The van der Waals surface area contributed by atoms with Gasteiger partial charge in [0.05, 0.1) is 6.04 Å². The summed E-state index contributed by atoms with van der Waals surface area (Å²) >= 11 is 0. The van der Waals surface area contributed by atoms with E-state index in [1.54, 1.807) is 0 Å². The highest BCUT2D eigenvalue weighted by molar-refractivity contribution is 5.74. The molecule has 0 heterocycles. The number of nitrogens with one attached hydrogen (secondary N) is 2. The molecule has 1 aromatic rings. The summed E-state index contributed by atoms with van der Waals surface area (Å²) in [7, 11) is 0. The number of hydrogen-bond donors (Lipinski definition) is 2. The van der Waals surface area contributed by atoms with Crippen LogP contribution in [0.1, 0.15) is 67.3 Å². The van der Waals surface area contributed by atoms with Gasteiger partial charge in [0.2, 0.25) is 0 Å². The van der Waals surface area contributed by atoms with E-state index in [4.69, 9.17) is 0 Å². The molecule has 2 amide bonds. The van der Waals surface area contributed by atoms with Gasteiger partial charge in [-0.3, -0.25) is 0 Å². The third-order valence-corrected chi connectivity index (χ3v) is 4.64. The molecule has 2 N–H and O–H groups in total. The van der Waals surface area contributed by atoms with Crippen LogP contribution in [0, 0.1) is 20.8 Å². The van der Waals surface area contributed by atoms with E-state index < -0.39 is 0 Å². The second-order valence-electron chi connectivity index (χ2n) is 6.47. The van der Waals surface area contributed by atoms with Gasteiger partial charge in [0, 0.05) is 6.04 Å². The van der Waals surface area contributed by atoms with E-state index >= 15 is 0 Å². The summed E-state index contributed by atoms with van der Waals surface area (Å²) in [6.45, 7) is 8.41. The quantitative estimate of drug-likeness (QED) is 0.855. The van der Waals surface area contributed by atoms with Gasteiger partial charge >= 0.3 is 6.03 Å². The SMILES string of the molecule is Cc1cc(C)c(C(C)NC(=O)NC2CCCCC2)cc1C. The third-order valence-electron chi connectivity index (χ3n) is 4.64. The fraction of sp³-hybridized carbons (Fsp3) is 0.611. The predicted molar refractivity (Wildman–Crippen MR) is 87.6 cm³/mol. The first-order chi connectivity index (χ1) is 9.97. The van der Waals surface area contributed by atoms with Crippen LogP contribution in [0.5, 0.6) is 0 Å². The molecule has 2 rings (SSSR count). The maximum Gasteiger partial charge on any atom is 0.315 e.